The highest BCUT2D eigenvalue weighted by Crippen LogP contribution is 2.29. The Labute approximate surface area is 110 Å². The Morgan fingerprint density at radius 2 is 2.06 bits per heavy atom. The molecule has 0 aliphatic heterocycles. The lowest BCUT2D eigenvalue weighted by Crippen LogP contribution is -2.45. The van der Waals surface area contributed by atoms with Crippen LogP contribution in [0.1, 0.15) is 18.4 Å². The van der Waals surface area contributed by atoms with Crippen LogP contribution in [0.4, 0.5) is 0 Å². The molecule has 0 saturated heterocycles. The Balaban J connectivity index is 1.96. The maximum Gasteiger partial charge on any atom is 0.0589 e. The van der Waals surface area contributed by atoms with Gasteiger partial charge in [-0.05, 0) is 24.8 Å². The van der Waals surface area contributed by atoms with Gasteiger partial charge in [0.15, 0.2) is 0 Å². The summed E-state index contributed by atoms with van der Waals surface area (Å²) >= 11 is 0. The van der Waals surface area contributed by atoms with Crippen LogP contribution in [0, 0.1) is 0 Å². The molecule has 1 aromatic carbocycles. The molecule has 0 bridgehead atoms. The normalized spacial score (nSPS) is 17.1. The molecule has 1 aliphatic carbocycles. The largest absolute Gasteiger partial charge is 0.383 e. The summed E-state index contributed by atoms with van der Waals surface area (Å²) < 4.78 is 5.21. The van der Waals surface area contributed by atoms with Crippen molar-refractivity contribution >= 4 is 0 Å². The van der Waals surface area contributed by atoms with E-state index in [1.54, 1.807) is 7.11 Å². The molecular weight excluding hydrogens is 224 g/mol. The molecule has 2 N–H and O–H groups in total. The van der Waals surface area contributed by atoms with E-state index in [1.165, 1.54) is 18.4 Å². The third-order valence-corrected chi connectivity index (χ3v) is 3.62. The van der Waals surface area contributed by atoms with E-state index in [0.717, 1.165) is 32.2 Å². The first-order valence-electron chi connectivity index (χ1n) is 6.84. The number of ether oxygens (including phenoxy) is 1. The second-order valence-electron chi connectivity index (χ2n) is 5.04. The highest BCUT2D eigenvalue weighted by Gasteiger charge is 2.32. The van der Waals surface area contributed by atoms with Crippen LogP contribution in [0.25, 0.3) is 0 Å². The average Bonchev–Trinajstić information content (AvgIpc) is 3.23. The van der Waals surface area contributed by atoms with Crippen LogP contribution in [0.5, 0.6) is 0 Å². The second-order valence-corrected chi connectivity index (χ2v) is 5.04. The fraction of sp³-hybridized carbons (Fsp3) is 0.600. The topological polar surface area (TPSA) is 38.5 Å². The standard InChI is InChI=1S/C15H24N2O/c1-18-10-9-17(14-7-8-14)15(12-16)11-13-5-3-2-4-6-13/h2-6,14-15H,7-12,16H2,1H3. The summed E-state index contributed by atoms with van der Waals surface area (Å²) in [5.41, 5.74) is 7.35. The quantitative estimate of drug-likeness (QED) is 0.760. The first kappa shape index (κ1) is 13.5. The van der Waals surface area contributed by atoms with E-state index in [1.807, 2.05) is 0 Å². The molecule has 3 nitrogen and oxygen atoms in total. The summed E-state index contributed by atoms with van der Waals surface area (Å²) in [4.78, 5) is 2.54. The monoisotopic (exact) mass is 248 g/mol. The van der Waals surface area contributed by atoms with Gasteiger partial charge in [-0.2, -0.15) is 0 Å². The molecule has 0 spiro atoms. The lowest BCUT2D eigenvalue weighted by Gasteiger charge is -2.31. The predicted octanol–water partition coefficient (Wildman–Crippen LogP) is 1.67. The fourth-order valence-electron chi connectivity index (χ4n) is 2.49. The van der Waals surface area contributed by atoms with E-state index in [9.17, 15) is 0 Å². The van der Waals surface area contributed by atoms with Crippen molar-refractivity contribution in [1.29, 1.82) is 0 Å². The van der Waals surface area contributed by atoms with Crippen molar-refractivity contribution in [2.45, 2.75) is 31.3 Å². The van der Waals surface area contributed by atoms with E-state index in [-0.39, 0.29) is 0 Å². The lowest BCUT2D eigenvalue weighted by molar-refractivity contribution is 0.115. The SMILES string of the molecule is COCCN(C1CC1)C(CN)Cc1ccccc1. The van der Waals surface area contributed by atoms with E-state index >= 15 is 0 Å². The first-order chi connectivity index (χ1) is 8.85. The van der Waals surface area contributed by atoms with Crippen molar-refractivity contribution < 1.29 is 4.74 Å². The van der Waals surface area contributed by atoms with Gasteiger partial charge < -0.3 is 10.5 Å². The molecule has 1 fully saturated rings. The predicted molar refractivity (Wildman–Crippen MR) is 74.6 cm³/mol. The minimum atomic E-state index is 0.440. The first-order valence-corrected chi connectivity index (χ1v) is 6.84. The highest BCUT2D eigenvalue weighted by molar-refractivity contribution is 5.16. The van der Waals surface area contributed by atoms with Crippen molar-refractivity contribution in [2.24, 2.45) is 5.73 Å². The van der Waals surface area contributed by atoms with Gasteiger partial charge in [0.05, 0.1) is 6.61 Å². The lowest BCUT2D eigenvalue weighted by atomic mass is 10.0. The number of methoxy groups -OCH3 is 1. The second kappa shape index (κ2) is 6.88. The van der Waals surface area contributed by atoms with Crippen molar-refractivity contribution in [3.63, 3.8) is 0 Å². The zero-order chi connectivity index (χ0) is 12.8. The number of rotatable bonds is 8. The van der Waals surface area contributed by atoms with E-state index in [0.29, 0.717) is 6.04 Å². The van der Waals surface area contributed by atoms with Gasteiger partial charge >= 0.3 is 0 Å². The fourth-order valence-corrected chi connectivity index (χ4v) is 2.49. The Hall–Kier alpha value is -0.900. The number of nitrogens with two attached hydrogens (primary N) is 1. The van der Waals surface area contributed by atoms with Gasteiger partial charge in [0.1, 0.15) is 0 Å². The maximum atomic E-state index is 5.98. The van der Waals surface area contributed by atoms with Crippen LogP contribution in [-0.4, -0.2) is 43.8 Å². The minimum absolute atomic E-state index is 0.440. The van der Waals surface area contributed by atoms with Gasteiger partial charge in [-0.15, -0.1) is 0 Å². The molecule has 1 aromatic rings. The number of hydrogen-bond donors (Lipinski definition) is 1. The number of nitrogens with zero attached hydrogens (tertiary/aromatic N) is 1. The molecule has 0 amide bonds. The Kier molecular flexibility index (Phi) is 5.17. The van der Waals surface area contributed by atoms with Gasteiger partial charge in [-0.3, -0.25) is 4.90 Å². The summed E-state index contributed by atoms with van der Waals surface area (Å²) in [5, 5.41) is 0. The molecule has 1 atom stereocenters. The van der Waals surface area contributed by atoms with Gasteiger partial charge in [0.25, 0.3) is 0 Å². The van der Waals surface area contributed by atoms with E-state index < -0.39 is 0 Å². The molecule has 1 unspecified atom stereocenters. The highest BCUT2D eigenvalue weighted by atomic mass is 16.5. The summed E-state index contributed by atoms with van der Waals surface area (Å²) in [5.74, 6) is 0. The molecule has 1 aliphatic rings. The van der Waals surface area contributed by atoms with Crippen LogP contribution in [0.2, 0.25) is 0 Å². The van der Waals surface area contributed by atoms with Gasteiger partial charge in [-0.25, -0.2) is 0 Å². The van der Waals surface area contributed by atoms with Crippen molar-refractivity contribution in [3.8, 4) is 0 Å². The number of benzene rings is 1. The smallest absolute Gasteiger partial charge is 0.0589 e. The van der Waals surface area contributed by atoms with Gasteiger partial charge in [0.2, 0.25) is 0 Å². The molecular formula is C15H24N2O. The Morgan fingerprint density at radius 3 is 2.61 bits per heavy atom. The third-order valence-electron chi connectivity index (χ3n) is 3.62. The van der Waals surface area contributed by atoms with Crippen molar-refractivity contribution in [3.05, 3.63) is 35.9 Å². The molecule has 1 saturated carbocycles. The molecule has 0 heterocycles. The summed E-state index contributed by atoms with van der Waals surface area (Å²) in [6, 6.07) is 11.8. The average molecular weight is 248 g/mol. The molecule has 100 valence electrons. The Morgan fingerprint density at radius 1 is 1.33 bits per heavy atom. The summed E-state index contributed by atoms with van der Waals surface area (Å²) in [7, 11) is 1.76. The molecule has 0 aromatic heterocycles. The van der Waals surface area contributed by atoms with Crippen LogP contribution in [0.3, 0.4) is 0 Å². The van der Waals surface area contributed by atoms with Crippen LogP contribution in [-0.2, 0) is 11.2 Å². The van der Waals surface area contributed by atoms with Crippen LogP contribution in [0.15, 0.2) is 30.3 Å². The minimum Gasteiger partial charge on any atom is -0.383 e. The van der Waals surface area contributed by atoms with Crippen molar-refractivity contribution in [2.75, 3.05) is 26.8 Å². The Bertz CT molecular complexity index is 338. The zero-order valence-electron chi connectivity index (χ0n) is 11.2. The molecule has 3 heteroatoms. The van der Waals surface area contributed by atoms with Gasteiger partial charge in [0, 0.05) is 32.3 Å². The van der Waals surface area contributed by atoms with E-state index in [2.05, 4.69) is 35.2 Å². The van der Waals surface area contributed by atoms with Crippen LogP contribution < -0.4 is 5.73 Å². The molecule has 0 radical (unpaired) electrons. The zero-order valence-corrected chi connectivity index (χ0v) is 11.2. The van der Waals surface area contributed by atoms with E-state index in [4.69, 9.17) is 10.5 Å². The van der Waals surface area contributed by atoms with Crippen molar-refractivity contribution in [1.82, 2.24) is 4.90 Å². The third kappa shape index (κ3) is 3.80. The number of hydrogen-bond acceptors (Lipinski definition) is 3. The van der Waals surface area contributed by atoms with Gasteiger partial charge in [-0.1, -0.05) is 30.3 Å². The summed E-state index contributed by atoms with van der Waals surface area (Å²) in [6.07, 6.45) is 3.67. The van der Waals surface area contributed by atoms with Crippen LogP contribution >= 0.6 is 0 Å². The summed E-state index contributed by atoms with van der Waals surface area (Å²) in [6.45, 7) is 2.51. The maximum absolute atomic E-state index is 5.98. The molecule has 2 rings (SSSR count). The molecule has 18 heavy (non-hydrogen) atoms.